The van der Waals surface area contributed by atoms with E-state index in [2.05, 4.69) is 48.5 Å². The first-order chi connectivity index (χ1) is 9.16. The van der Waals surface area contributed by atoms with Gasteiger partial charge in [-0.15, -0.1) is 24.8 Å². The number of halogens is 2. The van der Waals surface area contributed by atoms with E-state index in [0.29, 0.717) is 11.8 Å². The number of anilines is 1. The van der Waals surface area contributed by atoms with Gasteiger partial charge in [-0.25, -0.2) is 0 Å². The molecule has 0 amide bonds. The third kappa shape index (κ3) is 3.46. The van der Waals surface area contributed by atoms with Gasteiger partial charge in [-0.1, -0.05) is 31.5 Å². The second-order valence-corrected chi connectivity index (χ2v) is 5.93. The molecule has 2 heterocycles. The molecular formula is C16H25Cl2N3. The third-order valence-electron chi connectivity index (χ3n) is 4.11. The number of benzene rings is 1. The normalized spacial score (nSPS) is 19.6. The largest absolute Gasteiger partial charge is 0.385 e. The van der Waals surface area contributed by atoms with Crippen LogP contribution in [0.15, 0.2) is 17.1 Å². The summed E-state index contributed by atoms with van der Waals surface area (Å²) in [6.07, 6.45) is 1.14. The molecule has 1 unspecified atom stereocenters. The molecule has 21 heavy (non-hydrogen) atoms. The van der Waals surface area contributed by atoms with Gasteiger partial charge in [0.15, 0.2) is 0 Å². The van der Waals surface area contributed by atoms with E-state index in [4.69, 9.17) is 0 Å². The zero-order chi connectivity index (χ0) is 13.4. The van der Waals surface area contributed by atoms with Gasteiger partial charge >= 0.3 is 0 Å². The van der Waals surface area contributed by atoms with Crippen molar-refractivity contribution in [3.05, 3.63) is 28.8 Å². The zero-order valence-electron chi connectivity index (χ0n) is 12.9. The molecule has 2 aliphatic heterocycles. The number of amidine groups is 1. The number of aryl methyl sites for hydroxylation is 1. The Hall–Kier alpha value is -0.930. The number of nitrogens with zero attached hydrogens (tertiary/aromatic N) is 1. The van der Waals surface area contributed by atoms with E-state index < -0.39 is 0 Å². The van der Waals surface area contributed by atoms with E-state index in [1.54, 1.807) is 0 Å². The van der Waals surface area contributed by atoms with Crippen LogP contribution in [0.2, 0.25) is 0 Å². The van der Waals surface area contributed by atoms with E-state index in [1.165, 1.54) is 28.2 Å². The minimum atomic E-state index is 0. The Bertz CT molecular complexity index is 526. The molecule has 0 fully saturated rings. The van der Waals surface area contributed by atoms with Gasteiger partial charge in [0.05, 0.1) is 6.54 Å². The molecule has 3 rings (SSSR count). The van der Waals surface area contributed by atoms with E-state index in [1.807, 2.05) is 0 Å². The highest BCUT2D eigenvalue weighted by Crippen LogP contribution is 2.38. The standard InChI is InChI=1S/C16H23N3.2ClH/c1-10(2)13-8-11(3)9-14-12(4-5-17-15(13)14)16-18-6-7-19-16;;/h8-10,12,17H,4-7H2,1-3H3,(H,18,19);2*1H. The lowest BCUT2D eigenvalue weighted by Crippen LogP contribution is -2.31. The van der Waals surface area contributed by atoms with Crippen LogP contribution in [0, 0.1) is 6.92 Å². The molecule has 2 aliphatic rings. The van der Waals surface area contributed by atoms with E-state index in [9.17, 15) is 0 Å². The van der Waals surface area contributed by atoms with Gasteiger partial charge in [0, 0.05) is 24.7 Å². The van der Waals surface area contributed by atoms with Gasteiger partial charge in [-0.2, -0.15) is 0 Å². The highest BCUT2D eigenvalue weighted by atomic mass is 35.5. The lowest BCUT2D eigenvalue weighted by atomic mass is 9.84. The summed E-state index contributed by atoms with van der Waals surface area (Å²) >= 11 is 0. The monoisotopic (exact) mass is 329 g/mol. The predicted molar refractivity (Wildman–Crippen MR) is 95.9 cm³/mol. The molecule has 118 valence electrons. The van der Waals surface area contributed by atoms with Crippen LogP contribution in [0.3, 0.4) is 0 Å². The van der Waals surface area contributed by atoms with Crippen LogP contribution < -0.4 is 10.6 Å². The summed E-state index contributed by atoms with van der Waals surface area (Å²) in [5, 5.41) is 7.07. The van der Waals surface area contributed by atoms with Crippen molar-refractivity contribution in [2.75, 3.05) is 25.0 Å². The summed E-state index contributed by atoms with van der Waals surface area (Å²) in [4.78, 5) is 4.64. The van der Waals surface area contributed by atoms with Crippen molar-refractivity contribution in [2.24, 2.45) is 4.99 Å². The Morgan fingerprint density at radius 1 is 1.14 bits per heavy atom. The van der Waals surface area contributed by atoms with Gasteiger partial charge in [-0.3, -0.25) is 4.99 Å². The first-order valence-electron chi connectivity index (χ1n) is 7.33. The number of fused-ring (bicyclic) bond motifs is 1. The summed E-state index contributed by atoms with van der Waals surface area (Å²) in [7, 11) is 0. The Balaban J connectivity index is 0.00000110. The lowest BCUT2D eigenvalue weighted by molar-refractivity contribution is 0.742. The highest BCUT2D eigenvalue weighted by molar-refractivity contribution is 5.92. The van der Waals surface area contributed by atoms with Crippen LogP contribution >= 0.6 is 24.8 Å². The fourth-order valence-electron chi connectivity index (χ4n) is 3.21. The number of aliphatic imine (C=N–C) groups is 1. The van der Waals surface area contributed by atoms with Gasteiger partial charge in [-0.05, 0) is 30.4 Å². The molecule has 0 aromatic heterocycles. The van der Waals surface area contributed by atoms with Crippen LogP contribution in [0.4, 0.5) is 5.69 Å². The Morgan fingerprint density at radius 2 is 1.90 bits per heavy atom. The van der Waals surface area contributed by atoms with E-state index in [-0.39, 0.29) is 24.8 Å². The molecule has 0 saturated carbocycles. The fourth-order valence-corrected chi connectivity index (χ4v) is 3.21. The first kappa shape index (κ1) is 18.1. The minimum Gasteiger partial charge on any atom is -0.385 e. The smallest absolute Gasteiger partial charge is 0.104 e. The molecule has 3 nitrogen and oxygen atoms in total. The van der Waals surface area contributed by atoms with Crippen molar-refractivity contribution in [1.29, 1.82) is 0 Å². The maximum atomic E-state index is 4.64. The molecule has 0 spiro atoms. The molecule has 0 bridgehead atoms. The van der Waals surface area contributed by atoms with Crippen LogP contribution in [0.1, 0.15) is 48.8 Å². The van der Waals surface area contributed by atoms with Crippen LogP contribution in [-0.2, 0) is 0 Å². The summed E-state index contributed by atoms with van der Waals surface area (Å²) in [5.41, 5.74) is 5.59. The summed E-state index contributed by atoms with van der Waals surface area (Å²) in [6, 6.07) is 4.66. The van der Waals surface area contributed by atoms with Crippen molar-refractivity contribution >= 4 is 36.3 Å². The van der Waals surface area contributed by atoms with Crippen LogP contribution in [0.5, 0.6) is 0 Å². The number of hydrogen-bond acceptors (Lipinski definition) is 3. The van der Waals surface area contributed by atoms with Gasteiger partial charge in [0.25, 0.3) is 0 Å². The second kappa shape index (κ2) is 7.37. The molecule has 1 aromatic rings. The quantitative estimate of drug-likeness (QED) is 0.864. The van der Waals surface area contributed by atoms with E-state index >= 15 is 0 Å². The molecule has 1 atom stereocenters. The number of hydrogen-bond donors (Lipinski definition) is 2. The number of nitrogens with one attached hydrogen (secondary N) is 2. The average molecular weight is 330 g/mol. The first-order valence-corrected chi connectivity index (χ1v) is 7.33. The van der Waals surface area contributed by atoms with Gasteiger partial charge in [0.2, 0.25) is 0 Å². The Morgan fingerprint density at radius 3 is 2.52 bits per heavy atom. The third-order valence-corrected chi connectivity index (χ3v) is 4.11. The Labute approximate surface area is 139 Å². The fraction of sp³-hybridized carbons (Fsp3) is 0.562. The zero-order valence-corrected chi connectivity index (χ0v) is 14.5. The maximum Gasteiger partial charge on any atom is 0.104 e. The average Bonchev–Trinajstić information content (AvgIpc) is 2.90. The summed E-state index contributed by atoms with van der Waals surface area (Å²) in [6.45, 7) is 9.70. The van der Waals surface area contributed by atoms with Crippen molar-refractivity contribution in [1.82, 2.24) is 5.32 Å². The maximum absolute atomic E-state index is 4.64. The molecule has 2 N–H and O–H groups in total. The van der Waals surface area contributed by atoms with Gasteiger partial charge in [0.1, 0.15) is 5.84 Å². The summed E-state index contributed by atoms with van der Waals surface area (Å²) in [5.74, 6) is 2.21. The SMILES string of the molecule is Cc1cc(C(C)C)c2c(c1)C(C1=NCCN1)CCN2.Cl.Cl. The second-order valence-electron chi connectivity index (χ2n) is 5.93. The lowest BCUT2D eigenvalue weighted by Gasteiger charge is -2.30. The Kier molecular flexibility index (Phi) is 6.36. The molecule has 0 radical (unpaired) electrons. The molecule has 0 saturated heterocycles. The van der Waals surface area contributed by atoms with Crippen LogP contribution in [-0.4, -0.2) is 25.5 Å². The van der Waals surface area contributed by atoms with Crippen LogP contribution in [0.25, 0.3) is 0 Å². The molecule has 0 aliphatic carbocycles. The number of rotatable bonds is 2. The van der Waals surface area contributed by atoms with Crippen molar-refractivity contribution < 1.29 is 0 Å². The van der Waals surface area contributed by atoms with Crippen molar-refractivity contribution in [3.63, 3.8) is 0 Å². The summed E-state index contributed by atoms with van der Waals surface area (Å²) < 4.78 is 0. The minimum absolute atomic E-state index is 0. The highest BCUT2D eigenvalue weighted by Gasteiger charge is 2.28. The molecule has 1 aromatic carbocycles. The molecule has 5 heteroatoms. The topological polar surface area (TPSA) is 36.4 Å². The van der Waals surface area contributed by atoms with Crippen molar-refractivity contribution in [2.45, 2.75) is 39.0 Å². The van der Waals surface area contributed by atoms with Crippen molar-refractivity contribution in [3.8, 4) is 0 Å². The predicted octanol–water partition coefficient (Wildman–Crippen LogP) is 3.86. The van der Waals surface area contributed by atoms with E-state index in [0.717, 1.165) is 26.1 Å². The van der Waals surface area contributed by atoms with Gasteiger partial charge < -0.3 is 10.6 Å². The molecular weight excluding hydrogens is 305 g/mol.